The Balaban J connectivity index is 1.96. The van der Waals surface area contributed by atoms with E-state index in [1.165, 1.54) is 16.4 Å². The topological polar surface area (TPSA) is 60.9 Å². The summed E-state index contributed by atoms with van der Waals surface area (Å²) in [4.78, 5) is 16.7. The summed E-state index contributed by atoms with van der Waals surface area (Å²) in [5.74, 6) is 0.0870. The van der Waals surface area contributed by atoms with Crippen molar-refractivity contribution in [3.8, 4) is 0 Å². The van der Waals surface area contributed by atoms with Gasteiger partial charge in [0.05, 0.1) is 11.4 Å². The zero-order valence-electron chi connectivity index (χ0n) is 15.9. The summed E-state index contributed by atoms with van der Waals surface area (Å²) in [6, 6.07) is 6.50. The van der Waals surface area contributed by atoms with E-state index in [1.807, 2.05) is 37.5 Å². The molecule has 8 heteroatoms. The third-order valence-corrected chi connectivity index (χ3v) is 6.71. The fourth-order valence-electron chi connectivity index (χ4n) is 3.33. The molecule has 1 aliphatic rings. The van der Waals surface area contributed by atoms with Crippen molar-refractivity contribution >= 4 is 27.5 Å². The first-order chi connectivity index (χ1) is 12.1. The monoisotopic (exact) mass is 401 g/mol. The molecule has 1 aliphatic heterocycles. The number of halogens is 1. The Hall–Kier alpha value is -1.15. The lowest BCUT2D eigenvalue weighted by Gasteiger charge is -2.36. The van der Waals surface area contributed by atoms with Crippen molar-refractivity contribution in [2.45, 2.75) is 44.7 Å². The van der Waals surface area contributed by atoms with Gasteiger partial charge in [0.2, 0.25) is 15.9 Å². The highest BCUT2D eigenvalue weighted by Crippen LogP contribution is 2.20. The molecule has 0 N–H and O–H groups in total. The van der Waals surface area contributed by atoms with Gasteiger partial charge in [0.25, 0.3) is 0 Å². The summed E-state index contributed by atoms with van der Waals surface area (Å²) < 4.78 is 26.9. The molecule has 1 saturated heterocycles. The van der Waals surface area contributed by atoms with Crippen LogP contribution in [0, 0.1) is 0 Å². The number of rotatable bonds is 6. The highest BCUT2D eigenvalue weighted by molar-refractivity contribution is 7.89. The van der Waals surface area contributed by atoms with E-state index in [-0.39, 0.29) is 22.9 Å². The first-order valence-electron chi connectivity index (χ1n) is 8.92. The van der Waals surface area contributed by atoms with Crippen LogP contribution in [0.15, 0.2) is 29.2 Å². The second-order valence-electron chi connectivity index (χ2n) is 7.12. The molecule has 0 spiro atoms. The van der Waals surface area contributed by atoms with Gasteiger partial charge in [0.1, 0.15) is 0 Å². The van der Waals surface area contributed by atoms with Crippen molar-refractivity contribution < 1.29 is 13.2 Å². The fraction of sp³-hybridized carbons (Fsp3) is 0.611. The van der Waals surface area contributed by atoms with Crippen molar-refractivity contribution in [2.24, 2.45) is 0 Å². The third kappa shape index (κ3) is 4.97. The summed E-state index contributed by atoms with van der Waals surface area (Å²) in [6.07, 6.45) is 0. The molecule has 0 aromatic heterocycles. The highest BCUT2D eigenvalue weighted by atomic mass is 35.5. The van der Waals surface area contributed by atoms with Crippen LogP contribution in [0.25, 0.3) is 0 Å². The Kier molecular flexibility index (Phi) is 7.07. The van der Waals surface area contributed by atoms with E-state index in [2.05, 4.69) is 0 Å². The summed E-state index contributed by atoms with van der Waals surface area (Å²) in [5, 5.41) is 0.507. The maximum atomic E-state index is 12.7. The molecular weight excluding hydrogens is 374 g/mol. The van der Waals surface area contributed by atoms with Gasteiger partial charge in [-0.1, -0.05) is 11.6 Å². The quantitative estimate of drug-likeness (QED) is 0.733. The molecule has 0 saturated carbocycles. The maximum Gasteiger partial charge on any atom is 0.243 e. The minimum atomic E-state index is -3.52. The van der Waals surface area contributed by atoms with E-state index < -0.39 is 10.0 Å². The van der Waals surface area contributed by atoms with Crippen LogP contribution in [0.4, 0.5) is 0 Å². The second-order valence-corrected chi connectivity index (χ2v) is 9.50. The van der Waals surface area contributed by atoms with E-state index in [9.17, 15) is 13.2 Å². The average Bonchev–Trinajstić information content (AvgIpc) is 2.55. The van der Waals surface area contributed by atoms with Crippen LogP contribution in [0.2, 0.25) is 5.02 Å². The number of benzene rings is 1. The van der Waals surface area contributed by atoms with Crippen molar-refractivity contribution in [1.29, 1.82) is 0 Å². The molecule has 0 atom stereocenters. The number of carbonyl (C=O) groups is 1. The van der Waals surface area contributed by atoms with Crippen molar-refractivity contribution in [1.82, 2.24) is 14.1 Å². The number of carbonyl (C=O) groups excluding carboxylic acids is 1. The molecule has 0 radical (unpaired) electrons. The highest BCUT2D eigenvalue weighted by Gasteiger charge is 2.30. The van der Waals surface area contributed by atoms with Crippen LogP contribution < -0.4 is 0 Å². The Morgan fingerprint density at radius 3 is 2.00 bits per heavy atom. The molecule has 1 fully saturated rings. The molecule has 1 amide bonds. The van der Waals surface area contributed by atoms with Gasteiger partial charge < -0.3 is 4.90 Å². The lowest BCUT2D eigenvalue weighted by atomic mass is 10.2. The Morgan fingerprint density at radius 2 is 1.54 bits per heavy atom. The molecule has 0 bridgehead atoms. The van der Waals surface area contributed by atoms with Crippen LogP contribution in [0.5, 0.6) is 0 Å². The first kappa shape index (κ1) is 21.2. The fourth-order valence-corrected chi connectivity index (χ4v) is 4.88. The van der Waals surface area contributed by atoms with E-state index in [1.54, 1.807) is 12.1 Å². The Bertz CT molecular complexity index is 704. The normalized spacial score (nSPS) is 17.0. The molecule has 1 aromatic rings. The molecule has 146 valence electrons. The van der Waals surface area contributed by atoms with Gasteiger partial charge in [-0.2, -0.15) is 4.31 Å². The predicted molar refractivity (Wildman–Crippen MR) is 104 cm³/mol. The second kappa shape index (κ2) is 8.69. The van der Waals surface area contributed by atoms with E-state index in [0.29, 0.717) is 37.7 Å². The zero-order valence-corrected chi connectivity index (χ0v) is 17.4. The number of sulfonamides is 1. The first-order valence-corrected chi connectivity index (χ1v) is 10.7. The van der Waals surface area contributed by atoms with E-state index in [0.717, 1.165) is 0 Å². The minimum Gasteiger partial charge on any atom is -0.337 e. The molecule has 0 unspecified atom stereocenters. The zero-order chi connectivity index (χ0) is 19.5. The van der Waals surface area contributed by atoms with Gasteiger partial charge >= 0.3 is 0 Å². The van der Waals surface area contributed by atoms with Crippen molar-refractivity contribution in [2.75, 3.05) is 32.7 Å². The van der Waals surface area contributed by atoms with Gasteiger partial charge in [-0.25, -0.2) is 8.42 Å². The lowest BCUT2D eigenvalue weighted by Crippen LogP contribution is -2.53. The van der Waals surface area contributed by atoms with Crippen LogP contribution >= 0.6 is 11.6 Å². The lowest BCUT2D eigenvalue weighted by molar-refractivity contribution is -0.136. The SMILES string of the molecule is CC(C)N(C(=O)CN1CCN(S(=O)(=O)c2ccc(Cl)cc2)CC1)C(C)C. The number of piperazine rings is 1. The van der Waals surface area contributed by atoms with Crippen LogP contribution in [0.1, 0.15) is 27.7 Å². The van der Waals surface area contributed by atoms with Gasteiger partial charge in [-0.15, -0.1) is 0 Å². The summed E-state index contributed by atoms with van der Waals surface area (Å²) in [5.41, 5.74) is 0. The summed E-state index contributed by atoms with van der Waals surface area (Å²) in [6.45, 7) is 10.2. The molecule has 1 heterocycles. The van der Waals surface area contributed by atoms with Gasteiger partial charge in [0, 0.05) is 43.3 Å². The standard InChI is InChI=1S/C18H28ClN3O3S/c1-14(2)22(15(3)4)18(23)13-20-9-11-21(12-10-20)26(24,25)17-7-5-16(19)6-8-17/h5-8,14-15H,9-13H2,1-4H3. The molecule has 0 aliphatic carbocycles. The molecule has 6 nitrogen and oxygen atoms in total. The Morgan fingerprint density at radius 1 is 1.04 bits per heavy atom. The summed E-state index contributed by atoms with van der Waals surface area (Å²) in [7, 11) is -3.52. The predicted octanol–water partition coefficient (Wildman–Crippen LogP) is 2.29. The number of nitrogens with zero attached hydrogens (tertiary/aromatic N) is 3. The summed E-state index contributed by atoms with van der Waals surface area (Å²) >= 11 is 5.83. The van der Waals surface area contributed by atoms with E-state index in [4.69, 9.17) is 11.6 Å². The third-order valence-electron chi connectivity index (χ3n) is 4.54. The smallest absolute Gasteiger partial charge is 0.243 e. The number of amides is 1. The van der Waals surface area contributed by atoms with Crippen LogP contribution in [-0.4, -0.2) is 73.2 Å². The average molecular weight is 402 g/mol. The van der Waals surface area contributed by atoms with Crippen LogP contribution in [-0.2, 0) is 14.8 Å². The van der Waals surface area contributed by atoms with Crippen LogP contribution in [0.3, 0.4) is 0 Å². The van der Waals surface area contributed by atoms with Gasteiger partial charge in [-0.05, 0) is 52.0 Å². The van der Waals surface area contributed by atoms with E-state index >= 15 is 0 Å². The van der Waals surface area contributed by atoms with Gasteiger partial charge in [0.15, 0.2) is 0 Å². The Labute approximate surface area is 161 Å². The van der Waals surface area contributed by atoms with Crippen molar-refractivity contribution in [3.05, 3.63) is 29.3 Å². The maximum absolute atomic E-state index is 12.7. The van der Waals surface area contributed by atoms with Gasteiger partial charge in [-0.3, -0.25) is 9.69 Å². The number of hydrogen-bond acceptors (Lipinski definition) is 4. The van der Waals surface area contributed by atoms with Crippen molar-refractivity contribution in [3.63, 3.8) is 0 Å². The molecule has 1 aromatic carbocycles. The number of hydrogen-bond donors (Lipinski definition) is 0. The molecule has 2 rings (SSSR count). The molecular formula is C18H28ClN3O3S. The minimum absolute atomic E-state index is 0.0870. The molecule has 26 heavy (non-hydrogen) atoms. The largest absolute Gasteiger partial charge is 0.337 e.